The van der Waals surface area contributed by atoms with E-state index in [1.54, 1.807) is 24.3 Å². The molecule has 0 N–H and O–H groups in total. The van der Waals surface area contributed by atoms with Crippen molar-refractivity contribution >= 4 is 11.8 Å². The quantitative estimate of drug-likeness (QED) is 0.163. The van der Waals surface area contributed by atoms with Gasteiger partial charge in [0.2, 0.25) is 5.78 Å². The minimum atomic E-state index is -0.797. The average molecular weight is 411 g/mol. The topological polar surface area (TPSA) is 69.2 Å². The van der Waals surface area contributed by atoms with E-state index in [2.05, 4.69) is 23.8 Å². The van der Waals surface area contributed by atoms with E-state index in [0.717, 1.165) is 36.8 Å². The van der Waals surface area contributed by atoms with Gasteiger partial charge in [-0.05, 0) is 49.1 Å². The number of benzene rings is 1. The molecular formula is C25H34N2O3. The summed E-state index contributed by atoms with van der Waals surface area (Å²) in [4.78, 5) is 32.6. The number of nitrogens with zero attached hydrogens (tertiary/aromatic N) is 2. The van der Waals surface area contributed by atoms with E-state index in [4.69, 9.17) is 4.74 Å². The molecule has 0 amide bonds. The lowest BCUT2D eigenvalue weighted by molar-refractivity contribution is -0.147. The third-order valence-corrected chi connectivity index (χ3v) is 5.08. The van der Waals surface area contributed by atoms with Crippen molar-refractivity contribution in [3.8, 4) is 17.1 Å². The Hall–Kier alpha value is -2.56. The van der Waals surface area contributed by atoms with Gasteiger partial charge in [-0.2, -0.15) is 0 Å². The summed E-state index contributed by atoms with van der Waals surface area (Å²) in [7, 11) is 0. The number of unbranched alkanes of at least 4 members (excludes halogenated alkanes) is 7. The molecule has 162 valence electrons. The first-order chi connectivity index (χ1) is 14.6. The number of Topliss-reactive ketones (excluding diaryl/α,β-unsaturated/α-hetero) is 1. The van der Waals surface area contributed by atoms with Gasteiger partial charge in [-0.1, -0.05) is 58.8 Å². The average Bonchev–Trinajstić information content (AvgIpc) is 2.77. The SMILES string of the molecule is CCCCCCCCc1cnc(-c2ccc(OC(=O)C(=O)CCCCC)cc2)nc1. The first-order valence-corrected chi connectivity index (χ1v) is 11.3. The summed E-state index contributed by atoms with van der Waals surface area (Å²) in [5, 5.41) is 0. The van der Waals surface area contributed by atoms with E-state index in [1.165, 1.54) is 38.5 Å². The van der Waals surface area contributed by atoms with Crippen LogP contribution >= 0.6 is 0 Å². The molecule has 0 radical (unpaired) electrons. The highest BCUT2D eigenvalue weighted by Crippen LogP contribution is 2.20. The fourth-order valence-electron chi connectivity index (χ4n) is 3.22. The summed E-state index contributed by atoms with van der Waals surface area (Å²) < 4.78 is 5.17. The number of carbonyl (C=O) groups excluding carboxylic acids is 2. The van der Waals surface area contributed by atoms with E-state index < -0.39 is 11.8 Å². The Balaban J connectivity index is 1.81. The minimum Gasteiger partial charge on any atom is -0.421 e. The van der Waals surface area contributed by atoms with Crippen molar-refractivity contribution in [2.45, 2.75) is 84.5 Å². The number of hydrogen-bond donors (Lipinski definition) is 0. The van der Waals surface area contributed by atoms with Crippen LogP contribution in [0.25, 0.3) is 11.4 Å². The van der Waals surface area contributed by atoms with Gasteiger partial charge in [0.25, 0.3) is 0 Å². The van der Waals surface area contributed by atoms with Crippen LogP contribution in [-0.4, -0.2) is 21.7 Å². The van der Waals surface area contributed by atoms with Crippen LogP contribution in [0.5, 0.6) is 5.75 Å². The second-order valence-corrected chi connectivity index (χ2v) is 7.73. The van der Waals surface area contributed by atoms with Gasteiger partial charge in [-0.3, -0.25) is 4.79 Å². The first kappa shape index (κ1) is 23.7. The van der Waals surface area contributed by atoms with Crippen LogP contribution in [0.15, 0.2) is 36.7 Å². The molecule has 0 aliphatic carbocycles. The summed E-state index contributed by atoms with van der Waals surface area (Å²) in [5.41, 5.74) is 2.00. The zero-order chi connectivity index (χ0) is 21.6. The van der Waals surface area contributed by atoms with Crippen molar-refractivity contribution in [3.63, 3.8) is 0 Å². The highest BCUT2D eigenvalue weighted by molar-refractivity contribution is 6.34. The molecule has 0 saturated heterocycles. The molecule has 0 saturated carbocycles. The fourth-order valence-corrected chi connectivity index (χ4v) is 3.22. The third kappa shape index (κ3) is 8.44. The molecule has 30 heavy (non-hydrogen) atoms. The van der Waals surface area contributed by atoms with Gasteiger partial charge in [0.1, 0.15) is 5.75 Å². The van der Waals surface area contributed by atoms with E-state index in [-0.39, 0.29) is 6.42 Å². The monoisotopic (exact) mass is 410 g/mol. The molecule has 0 atom stereocenters. The summed E-state index contributed by atoms with van der Waals surface area (Å²) in [6, 6.07) is 6.93. The Morgan fingerprint density at radius 1 is 0.800 bits per heavy atom. The molecule has 5 nitrogen and oxygen atoms in total. The van der Waals surface area contributed by atoms with Crippen molar-refractivity contribution in [1.82, 2.24) is 9.97 Å². The molecule has 0 spiro atoms. The maximum atomic E-state index is 11.9. The Labute approximate surface area is 180 Å². The summed E-state index contributed by atoms with van der Waals surface area (Å²) in [5.74, 6) is -0.284. The van der Waals surface area contributed by atoms with Crippen LogP contribution in [0.2, 0.25) is 0 Å². The summed E-state index contributed by atoms with van der Waals surface area (Å²) in [6.07, 6.45) is 15.3. The van der Waals surface area contributed by atoms with Gasteiger partial charge in [-0.15, -0.1) is 0 Å². The Morgan fingerprint density at radius 2 is 1.40 bits per heavy atom. The molecule has 0 aliphatic heterocycles. The predicted molar refractivity (Wildman–Crippen MR) is 119 cm³/mol. The smallest absolute Gasteiger partial charge is 0.379 e. The molecule has 0 bridgehead atoms. The molecule has 1 aromatic carbocycles. The van der Waals surface area contributed by atoms with E-state index in [9.17, 15) is 9.59 Å². The van der Waals surface area contributed by atoms with Crippen LogP contribution in [0.1, 0.15) is 83.6 Å². The van der Waals surface area contributed by atoms with Gasteiger partial charge in [0, 0.05) is 24.4 Å². The largest absolute Gasteiger partial charge is 0.421 e. The Bertz CT molecular complexity index is 770. The first-order valence-electron chi connectivity index (χ1n) is 11.3. The summed E-state index contributed by atoms with van der Waals surface area (Å²) in [6.45, 7) is 4.28. The van der Waals surface area contributed by atoms with Gasteiger partial charge in [-0.25, -0.2) is 14.8 Å². The van der Waals surface area contributed by atoms with E-state index >= 15 is 0 Å². The number of rotatable bonds is 14. The molecule has 2 rings (SSSR count). The number of ether oxygens (including phenoxy) is 1. The molecule has 1 aromatic heterocycles. The van der Waals surface area contributed by atoms with Crippen LogP contribution in [0.4, 0.5) is 0 Å². The van der Waals surface area contributed by atoms with Gasteiger partial charge < -0.3 is 4.74 Å². The lowest BCUT2D eigenvalue weighted by atomic mass is 10.1. The number of carbonyl (C=O) groups is 2. The lowest BCUT2D eigenvalue weighted by Gasteiger charge is -2.06. The minimum absolute atomic E-state index is 0.240. The van der Waals surface area contributed by atoms with Gasteiger partial charge >= 0.3 is 5.97 Å². The molecular weight excluding hydrogens is 376 g/mol. The molecule has 0 unspecified atom stereocenters. The Kier molecular flexibility index (Phi) is 10.8. The van der Waals surface area contributed by atoms with Crippen molar-refractivity contribution < 1.29 is 14.3 Å². The maximum absolute atomic E-state index is 11.9. The van der Waals surface area contributed by atoms with Crippen molar-refractivity contribution in [2.24, 2.45) is 0 Å². The highest BCUT2D eigenvalue weighted by atomic mass is 16.5. The van der Waals surface area contributed by atoms with Crippen molar-refractivity contribution in [2.75, 3.05) is 0 Å². The normalized spacial score (nSPS) is 10.7. The number of hydrogen-bond acceptors (Lipinski definition) is 5. The van der Waals surface area contributed by atoms with Gasteiger partial charge in [0.15, 0.2) is 5.82 Å². The molecule has 0 aliphatic rings. The van der Waals surface area contributed by atoms with Crippen LogP contribution in [-0.2, 0) is 16.0 Å². The van der Waals surface area contributed by atoms with Crippen LogP contribution in [0.3, 0.4) is 0 Å². The van der Waals surface area contributed by atoms with Crippen LogP contribution in [0, 0.1) is 0 Å². The fraction of sp³-hybridized carbons (Fsp3) is 0.520. The van der Waals surface area contributed by atoms with Crippen molar-refractivity contribution in [3.05, 3.63) is 42.2 Å². The number of aromatic nitrogens is 2. The highest BCUT2D eigenvalue weighted by Gasteiger charge is 2.15. The predicted octanol–water partition coefficient (Wildman–Crippen LogP) is 6.10. The van der Waals surface area contributed by atoms with Gasteiger partial charge in [0.05, 0.1) is 0 Å². The van der Waals surface area contributed by atoms with E-state index in [0.29, 0.717) is 11.6 Å². The molecule has 2 aromatic rings. The number of esters is 1. The second kappa shape index (κ2) is 13.6. The number of aryl methyl sites for hydroxylation is 1. The third-order valence-electron chi connectivity index (χ3n) is 5.08. The second-order valence-electron chi connectivity index (χ2n) is 7.73. The lowest BCUT2D eigenvalue weighted by Crippen LogP contribution is -2.20. The zero-order valence-corrected chi connectivity index (χ0v) is 18.4. The van der Waals surface area contributed by atoms with E-state index in [1.807, 2.05) is 12.4 Å². The Morgan fingerprint density at radius 3 is 2.07 bits per heavy atom. The standard InChI is InChI=1S/C25H34N2O3/c1-3-5-7-8-9-11-12-20-18-26-24(27-19-20)21-14-16-22(17-15-21)30-25(29)23(28)13-10-6-4-2/h14-19H,3-13H2,1-2H3. The molecule has 1 heterocycles. The van der Waals surface area contributed by atoms with Crippen LogP contribution < -0.4 is 4.74 Å². The molecule has 0 fully saturated rings. The summed E-state index contributed by atoms with van der Waals surface area (Å²) >= 11 is 0. The maximum Gasteiger partial charge on any atom is 0.379 e. The number of ketones is 1. The zero-order valence-electron chi connectivity index (χ0n) is 18.4. The molecule has 5 heteroatoms. The van der Waals surface area contributed by atoms with Crippen molar-refractivity contribution in [1.29, 1.82) is 0 Å².